The molecule has 0 saturated carbocycles. The molecule has 0 unspecified atom stereocenters. The highest BCUT2D eigenvalue weighted by Crippen LogP contribution is 2.22. The van der Waals surface area contributed by atoms with Gasteiger partial charge in [-0.1, -0.05) is 13.8 Å². The largest absolute Gasteiger partial charge is 0.372 e. The molecular weight excluding hydrogens is 316 g/mol. The van der Waals surface area contributed by atoms with E-state index >= 15 is 0 Å². The van der Waals surface area contributed by atoms with Crippen LogP contribution in [0.2, 0.25) is 0 Å². The number of pyridine rings is 1. The number of ether oxygens (including phenoxy) is 1. The van der Waals surface area contributed by atoms with Gasteiger partial charge in [0.2, 0.25) is 11.9 Å². The average molecular weight is 342 g/mol. The van der Waals surface area contributed by atoms with Crippen LogP contribution in [0.15, 0.2) is 24.5 Å². The van der Waals surface area contributed by atoms with E-state index in [2.05, 4.69) is 38.7 Å². The van der Waals surface area contributed by atoms with Gasteiger partial charge in [0.05, 0.1) is 12.7 Å². The molecule has 1 saturated heterocycles. The normalized spacial score (nSPS) is 17.3. The standard InChI is InChI=1S/C18H26N6O/c1-13(2)16-20-17(23(3)4)22-18(21-16)24-10-7-15(11-24)25-12-14-5-8-19-9-6-14/h5-6,8-9,13,15H,7,10-12H2,1-4H3/t15-/m1/s1. The predicted molar refractivity (Wildman–Crippen MR) is 97.9 cm³/mol. The Labute approximate surface area is 149 Å². The van der Waals surface area contributed by atoms with E-state index in [1.165, 1.54) is 0 Å². The summed E-state index contributed by atoms with van der Waals surface area (Å²) >= 11 is 0. The van der Waals surface area contributed by atoms with Crippen molar-refractivity contribution in [2.24, 2.45) is 0 Å². The van der Waals surface area contributed by atoms with Gasteiger partial charge in [0, 0.05) is 45.5 Å². The fraction of sp³-hybridized carbons (Fsp3) is 0.556. The van der Waals surface area contributed by atoms with E-state index in [1.54, 1.807) is 12.4 Å². The predicted octanol–water partition coefficient (Wildman–Crippen LogP) is 2.25. The number of nitrogens with zero attached hydrogens (tertiary/aromatic N) is 6. The van der Waals surface area contributed by atoms with Crippen molar-refractivity contribution in [1.29, 1.82) is 0 Å². The summed E-state index contributed by atoms with van der Waals surface area (Å²) in [6.45, 7) is 6.51. The molecule has 0 aromatic carbocycles. The van der Waals surface area contributed by atoms with E-state index in [-0.39, 0.29) is 12.0 Å². The van der Waals surface area contributed by atoms with Crippen LogP contribution in [0.5, 0.6) is 0 Å². The highest BCUT2D eigenvalue weighted by Gasteiger charge is 2.26. The molecular formula is C18H26N6O. The Balaban J connectivity index is 1.67. The fourth-order valence-corrected chi connectivity index (χ4v) is 2.71. The van der Waals surface area contributed by atoms with Gasteiger partial charge in [-0.05, 0) is 24.1 Å². The first-order valence-corrected chi connectivity index (χ1v) is 8.71. The summed E-state index contributed by atoms with van der Waals surface area (Å²) in [5.41, 5.74) is 1.14. The van der Waals surface area contributed by atoms with Crippen molar-refractivity contribution in [2.45, 2.75) is 38.9 Å². The van der Waals surface area contributed by atoms with Crippen LogP contribution in [0.1, 0.15) is 37.6 Å². The minimum atomic E-state index is 0.190. The van der Waals surface area contributed by atoms with Gasteiger partial charge < -0.3 is 14.5 Å². The van der Waals surface area contributed by atoms with Crippen molar-refractivity contribution in [3.63, 3.8) is 0 Å². The molecule has 3 rings (SSSR count). The Hall–Kier alpha value is -2.28. The molecule has 1 aliphatic heterocycles. The number of hydrogen-bond donors (Lipinski definition) is 0. The van der Waals surface area contributed by atoms with Crippen molar-refractivity contribution in [2.75, 3.05) is 37.0 Å². The molecule has 2 aromatic rings. The SMILES string of the molecule is CC(C)c1nc(N(C)C)nc(N2CC[C@@H](OCc3ccncc3)C2)n1. The van der Waals surface area contributed by atoms with Crippen LogP contribution in [0, 0.1) is 0 Å². The summed E-state index contributed by atoms with van der Waals surface area (Å²) in [5.74, 6) is 2.55. The van der Waals surface area contributed by atoms with E-state index in [9.17, 15) is 0 Å². The summed E-state index contributed by atoms with van der Waals surface area (Å²) in [4.78, 5) is 22.0. The second kappa shape index (κ2) is 7.74. The fourth-order valence-electron chi connectivity index (χ4n) is 2.71. The molecule has 0 amide bonds. The molecule has 7 nitrogen and oxygen atoms in total. The third-order valence-corrected chi connectivity index (χ3v) is 4.21. The van der Waals surface area contributed by atoms with E-state index in [4.69, 9.17) is 4.74 Å². The van der Waals surface area contributed by atoms with Crippen LogP contribution in [0.3, 0.4) is 0 Å². The Bertz CT molecular complexity index is 665. The van der Waals surface area contributed by atoms with Crippen molar-refractivity contribution in [1.82, 2.24) is 19.9 Å². The maximum atomic E-state index is 6.05. The number of anilines is 2. The molecule has 7 heteroatoms. The van der Waals surface area contributed by atoms with Gasteiger partial charge in [0.15, 0.2) is 0 Å². The minimum Gasteiger partial charge on any atom is -0.372 e. The molecule has 25 heavy (non-hydrogen) atoms. The van der Waals surface area contributed by atoms with Crippen LogP contribution < -0.4 is 9.80 Å². The Morgan fingerprint density at radius 1 is 1.20 bits per heavy atom. The lowest BCUT2D eigenvalue weighted by atomic mass is 10.2. The quantitative estimate of drug-likeness (QED) is 0.797. The monoisotopic (exact) mass is 342 g/mol. The smallest absolute Gasteiger partial charge is 0.230 e. The van der Waals surface area contributed by atoms with Crippen LogP contribution >= 0.6 is 0 Å². The van der Waals surface area contributed by atoms with Gasteiger partial charge in [0.1, 0.15) is 5.82 Å². The summed E-state index contributed by atoms with van der Waals surface area (Å²) < 4.78 is 6.05. The van der Waals surface area contributed by atoms with Gasteiger partial charge in [-0.25, -0.2) is 0 Å². The first-order valence-electron chi connectivity index (χ1n) is 8.71. The van der Waals surface area contributed by atoms with Crippen LogP contribution in [-0.2, 0) is 11.3 Å². The summed E-state index contributed by atoms with van der Waals surface area (Å²) in [6.07, 6.45) is 4.75. The summed E-state index contributed by atoms with van der Waals surface area (Å²) in [7, 11) is 3.90. The van der Waals surface area contributed by atoms with Gasteiger partial charge in [0.25, 0.3) is 0 Å². The maximum absolute atomic E-state index is 6.05. The number of rotatable bonds is 6. The lowest BCUT2D eigenvalue weighted by Gasteiger charge is -2.20. The van der Waals surface area contributed by atoms with E-state index < -0.39 is 0 Å². The molecule has 134 valence electrons. The number of aromatic nitrogens is 4. The summed E-state index contributed by atoms with van der Waals surface area (Å²) in [6, 6.07) is 3.97. The molecule has 1 aliphatic rings. The first kappa shape index (κ1) is 17.5. The highest BCUT2D eigenvalue weighted by molar-refractivity contribution is 5.39. The minimum absolute atomic E-state index is 0.190. The topological polar surface area (TPSA) is 67.3 Å². The average Bonchev–Trinajstić information content (AvgIpc) is 3.09. The third-order valence-electron chi connectivity index (χ3n) is 4.21. The molecule has 0 aliphatic carbocycles. The van der Waals surface area contributed by atoms with Gasteiger partial charge in [-0.15, -0.1) is 0 Å². The molecule has 2 aromatic heterocycles. The maximum Gasteiger partial charge on any atom is 0.230 e. The molecule has 3 heterocycles. The first-order chi connectivity index (χ1) is 12.0. The van der Waals surface area contributed by atoms with Crippen molar-refractivity contribution < 1.29 is 4.74 Å². The zero-order valence-corrected chi connectivity index (χ0v) is 15.4. The molecule has 1 fully saturated rings. The second-order valence-corrected chi connectivity index (χ2v) is 6.87. The van der Waals surface area contributed by atoms with Crippen molar-refractivity contribution in [3.05, 3.63) is 35.9 Å². The molecule has 0 bridgehead atoms. The second-order valence-electron chi connectivity index (χ2n) is 6.87. The van der Waals surface area contributed by atoms with Gasteiger partial charge in [-0.2, -0.15) is 15.0 Å². The van der Waals surface area contributed by atoms with Crippen LogP contribution in [0.25, 0.3) is 0 Å². The van der Waals surface area contributed by atoms with Crippen molar-refractivity contribution in [3.8, 4) is 0 Å². The molecule has 0 N–H and O–H groups in total. The Morgan fingerprint density at radius 3 is 2.64 bits per heavy atom. The van der Waals surface area contributed by atoms with E-state index in [1.807, 2.05) is 31.1 Å². The van der Waals surface area contributed by atoms with E-state index in [0.717, 1.165) is 36.8 Å². The number of hydrogen-bond acceptors (Lipinski definition) is 7. The van der Waals surface area contributed by atoms with Crippen LogP contribution in [-0.4, -0.2) is 53.2 Å². The van der Waals surface area contributed by atoms with Crippen LogP contribution in [0.4, 0.5) is 11.9 Å². The lowest BCUT2D eigenvalue weighted by Crippen LogP contribution is -2.27. The van der Waals surface area contributed by atoms with Crippen molar-refractivity contribution >= 4 is 11.9 Å². The van der Waals surface area contributed by atoms with Gasteiger partial charge >= 0.3 is 0 Å². The highest BCUT2D eigenvalue weighted by atomic mass is 16.5. The van der Waals surface area contributed by atoms with E-state index in [0.29, 0.717) is 12.6 Å². The zero-order chi connectivity index (χ0) is 17.8. The molecule has 0 radical (unpaired) electrons. The Kier molecular flexibility index (Phi) is 5.43. The summed E-state index contributed by atoms with van der Waals surface area (Å²) in [5, 5.41) is 0. The zero-order valence-electron chi connectivity index (χ0n) is 15.4. The van der Waals surface area contributed by atoms with Gasteiger partial charge in [-0.3, -0.25) is 4.98 Å². The molecule has 0 spiro atoms. The Morgan fingerprint density at radius 2 is 1.96 bits per heavy atom. The third kappa shape index (κ3) is 4.42. The lowest BCUT2D eigenvalue weighted by molar-refractivity contribution is 0.0552. The molecule has 1 atom stereocenters.